The van der Waals surface area contributed by atoms with Gasteiger partial charge in [-0.1, -0.05) is 13.3 Å². The zero-order valence-electron chi connectivity index (χ0n) is 10.0. The van der Waals surface area contributed by atoms with Crippen LogP contribution in [0.25, 0.3) is 0 Å². The van der Waals surface area contributed by atoms with Crippen molar-refractivity contribution in [3.8, 4) is 0 Å². The molecule has 0 aliphatic carbocycles. The van der Waals surface area contributed by atoms with E-state index < -0.39 is 0 Å². The molecule has 0 rings (SSSR count). The van der Waals surface area contributed by atoms with Crippen molar-refractivity contribution in [3.05, 3.63) is 0 Å². The van der Waals surface area contributed by atoms with E-state index in [1.165, 1.54) is 0 Å². The van der Waals surface area contributed by atoms with E-state index in [9.17, 15) is 4.79 Å². The monoisotopic (exact) mass is 216 g/mol. The smallest absolute Gasteiger partial charge is 0.236 e. The lowest BCUT2D eigenvalue weighted by molar-refractivity contribution is -0.122. The molecule has 0 aromatic carbocycles. The van der Waals surface area contributed by atoms with E-state index in [0.717, 1.165) is 19.4 Å². The first-order chi connectivity index (χ1) is 7.11. The maximum Gasteiger partial charge on any atom is 0.236 e. The van der Waals surface area contributed by atoms with Crippen molar-refractivity contribution in [1.29, 1.82) is 0 Å². The minimum absolute atomic E-state index is 0.0354. The van der Waals surface area contributed by atoms with Crippen LogP contribution >= 0.6 is 0 Å². The zero-order valence-corrected chi connectivity index (χ0v) is 10.0. The Balaban J connectivity index is 3.68. The maximum atomic E-state index is 11.5. The highest BCUT2D eigenvalue weighted by molar-refractivity contribution is 5.81. The topological polar surface area (TPSA) is 61.4 Å². The minimum atomic E-state index is -0.191. The van der Waals surface area contributed by atoms with Gasteiger partial charge in [0.2, 0.25) is 5.91 Å². The predicted molar refractivity (Wildman–Crippen MR) is 61.7 cm³/mol. The van der Waals surface area contributed by atoms with Gasteiger partial charge in [-0.15, -0.1) is 0 Å². The standard InChI is InChI=1S/C11H24N2O2/c1-4-5-7-12-11(15)10(3)13-9(2)6-8-14/h9-10,13-14H,4-8H2,1-3H3,(H,12,15). The van der Waals surface area contributed by atoms with Gasteiger partial charge in [0.05, 0.1) is 6.04 Å². The second-order valence-electron chi connectivity index (χ2n) is 3.95. The number of carbonyl (C=O) groups is 1. The van der Waals surface area contributed by atoms with E-state index in [4.69, 9.17) is 5.11 Å². The van der Waals surface area contributed by atoms with Crippen molar-refractivity contribution in [2.24, 2.45) is 0 Å². The van der Waals surface area contributed by atoms with E-state index >= 15 is 0 Å². The van der Waals surface area contributed by atoms with E-state index in [1.807, 2.05) is 13.8 Å². The number of nitrogens with one attached hydrogen (secondary N) is 2. The minimum Gasteiger partial charge on any atom is -0.396 e. The SMILES string of the molecule is CCCCNC(=O)C(C)NC(C)CCO. The fraction of sp³-hybridized carbons (Fsp3) is 0.909. The summed E-state index contributed by atoms with van der Waals surface area (Å²) >= 11 is 0. The fourth-order valence-electron chi connectivity index (χ4n) is 1.32. The highest BCUT2D eigenvalue weighted by Gasteiger charge is 2.13. The summed E-state index contributed by atoms with van der Waals surface area (Å²) in [5.41, 5.74) is 0. The molecule has 4 nitrogen and oxygen atoms in total. The first kappa shape index (κ1) is 14.4. The van der Waals surface area contributed by atoms with Crippen molar-refractivity contribution in [3.63, 3.8) is 0 Å². The van der Waals surface area contributed by atoms with E-state index in [2.05, 4.69) is 17.6 Å². The van der Waals surface area contributed by atoms with Crippen LogP contribution < -0.4 is 10.6 Å². The number of amides is 1. The van der Waals surface area contributed by atoms with Crippen molar-refractivity contribution < 1.29 is 9.90 Å². The molecule has 0 aliphatic heterocycles. The fourth-order valence-corrected chi connectivity index (χ4v) is 1.32. The predicted octanol–water partition coefficient (Wildman–Crippen LogP) is 0.652. The summed E-state index contributed by atoms with van der Waals surface area (Å²) in [6, 6.07) is -0.0228. The van der Waals surface area contributed by atoms with Crippen LogP contribution in [0.3, 0.4) is 0 Å². The Kier molecular flexibility index (Phi) is 8.33. The van der Waals surface area contributed by atoms with Gasteiger partial charge in [-0.3, -0.25) is 4.79 Å². The van der Waals surface area contributed by atoms with Gasteiger partial charge in [0, 0.05) is 19.2 Å². The lowest BCUT2D eigenvalue weighted by atomic mass is 10.2. The molecule has 2 unspecified atom stereocenters. The molecule has 0 aromatic rings. The van der Waals surface area contributed by atoms with Crippen LogP contribution in [0.15, 0.2) is 0 Å². The summed E-state index contributed by atoms with van der Waals surface area (Å²) in [5.74, 6) is 0.0354. The second-order valence-corrected chi connectivity index (χ2v) is 3.95. The third-order valence-corrected chi connectivity index (χ3v) is 2.32. The van der Waals surface area contributed by atoms with Gasteiger partial charge in [-0.05, 0) is 26.7 Å². The lowest BCUT2D eigenvalue weighted by Crippen LogP contribution is -2.46. The van der Waals surface area contributed by atoms with E-state index in [0.29, 0.717) is 6.42 Å². The Morgan fingerprint density at radius 2 is 2.07 bits per heavy atom. The van der Waals surface area contributed by atoms with Crippen molar-refractivity contribution in [2.75, 3.05) is 13.2 Å². The Morgan fingerprint density at radius 1 is 1.40 bits per heavy atom. The van der Waals surface area contributed by atoms with Gasteiger partial charge in [0.25, 0.3) is 0 Å². The molecule has 0 radical (unpaired) electrons. The van der Waals surface area contributed by atoms with Gasteiger partial charge >= 0.3 is 0 Å². The van der Waals surface area contributed by atoms with Crippen LogP contribution in [-0.4, -0.2) is 36.2 Å². The Hall–Kier alpha value is -0.610. The molecule has 0 saturated heterocycles. The van der Waals surface area contributed by atoms with Crippen LogP contribution in [0.4, 0.5) is 0 Å². The number of carbonyl (C=O) groups excluding carboxylic acids is 1. The quantitative estimate of drug-likeness (QED) is 0.522. The number of rotatable bonds is 8. The maximum absolute atomic E-state index is 11.5. The highest BCUT2D eigenvalue weighted by Crippen LogP contribution is 1.93. The normalized spacial score (nSPS) is 14.7. The Morgan fingerprint density at radius 3 is 2.60 bits per heavy atom. The van der Waals surface area contributed by atoms with Gasteiger partial charge in [-0.25, -0.2) is 0 Å². The molecule has 0 aromatic heterocycles. The summed E-state index contributed by atoms with van der Waals surface area (Å²) in [7, 11) is 0. The Labute approximate surface area is 92.4 Å². The van der Waals surface area contributed by atoms with E-state index in [1.54, 1.807) is 0 Å². The number of unbranched alkanes of at least 4 members (excludes halogenated alkanes) is 1. The average molecular weight is 216 g/mol. The van der Waals surface area contributed by atoms with Crippen LogP contribution in [0.5, 0.6) is 0 Å². The summed E-state index contributed by atoms with van der Waals surface area (Å²) < 4.78 is 0. The lowest BCUT2D eigenvalue weighted by Gasteiger charge is -2.18. The summed E-state index contributed by atoms with van der Waals surface area (Å²) in [6.07, 6.45) is 2.78. The molecule has 0 bridgehead atoms. The third kappa shape index (κ3) is 7.33. The molecular formula is C11H24N2O2. The molecule has 0 heterocycles. The summed E-state index contributed by atoms with van der Waals surface area (Å²) in [4.78, 5) is 11.5. The molecule has 2 atom stereocenters. The zero-order chi connectivity index (χ0) is 11.7. The van der Waals surface area contributed by atoms with Crippen LogP contribution in [-0.2, 0) is 4.79 Å². The third-order valence-electron chi connectivity index (χ3n) is 2.32. The Bertz CT molecular complexity index is 174. The van der Waals surface area contributed by atoms with Gasteiger partial charge in [0.15, 0.2) is 0 Å². The van der Waals surface area contributed by atoms with Crippen molar-refractivity contribution in [1.82, 2.24) is 10.6 Å². The van der Waals surface area contributed by atoms with Crippen LogP contribution in [0.2, 0.25) is 0 Å². The van der Waals surface area contributed by atoms with Gasteiger partial charge in [-0.2, -0.15) is 0 Å². The molecular weight excluding hydrogens is 192 g/mol. The molecule has 15 heavy (non-hydrogen) atoms. The van der Waals surface area contributed by atoms with E-state index in [-0.39, 0.29) is 24.6 Å². The summed E-state index contributed by atoms with van der Waals surface area (Å²) in [5, 5.41) is 14.7. The summed E-state index contributed by atoms with van der Waals surface area (Å²) in [6.45, 7) is 6.80. The largest absolute Gasteiger partial charge is 0.396 e. The van der Waals surface area contributed by atoms with Gasteiger partial charge in [0.1, 0.15) is 0 Å². The molecule has 0 aliphatic rings. The average Bonchev–Trinajstić information content (AvgIpc) is 2.18. The first-order valence-corrected chi connectivity index (χ1v) is 5.76. The van der Waals surface area contributed by atoms with Crippen molar-refractivity contribution in [2.45, 2.75) is 52.1 Å². The van der Waals surface area contributed by atoms with Crippen LogP contribution in [0, 0.1) is 0 Å². The number of aliphatic hydroxyl groups excluding tert-OH is 1. The van der Waals surface area contributed by atoms with Gasteiger partial charge < -0.3 is 15.7 Å². The molecule has 0 spiro atoms. The molecule has 4 heteroatoms. The number of hydrogen-bond donors (Lipinski definition) is 3. The highest BCUT2D eigenvalue weighted by atomic mass is 16.3. The molecule has 90 valence electrons. The number of hydrogen-bond acceptors (Lipinski definition) is 3. The first-order valence-electron chi connectivity index (χ1n) is 5.76. The molecule has 1 amide bonds. The molecule has 0 saturated carbocycles. The number of aliphatic hydroxyl groups is 1. The van der Waals surface area contributed by atoms with Crippen molar-refractivity contribution >= 4 is 5.91 Å². The molecule has 3 N–H and O–H groups in total. The second kappa shape index (κ2) is 8.68. The van der Waals surface area contributed by atoms with Crippen LogP contribution in [0.1, 0.15) is 40.0 Å². The molecule has 0 fully saturated rings.